The molecule has 2 aliphatic heterocycles. The lowest BCUT2D eigenvalue weighted by molar-refractivity contribution is 0.591. The van der Waals surface area contributed by atoms with Crippen molar-refractivity contribution in [1.82, 2.24) is 4.57 Å². The topological polar surface area (TPSA) is 11.4 Å². The van der Waals surface area contributed by atoms with E-state index in [2.05, 4.69) is 215 Å². The number of rotatable bonds is 3. The van der Waals surface area contributed by atoms with Crippen molar-refractivity contribution in [3.8, 4) is 5.69 Å². The molecule has 7 aromatic carbocycles. The number of fused-ring (bicyclic) bond motifs is 7. The first-order valence-corrected chi connectivity index (χ1v) is 20.1. The predicted molar refractivity (Wildman–Crippen MR) is 242 cm³/mol. The first-order valence-electron chi connectivity index (χ1n) is 20.1. The molecule has 10 rings (SSSR count). The number of hydrogen-bond donors (Lipinski definition) is 0. The van der Waals surface area contributed by atoms with Gasteiger partial charge in [0.2, 0.25) is 0 Å². The predicted octanol–water partition coefficient (Wildman–Crippen LogP) is 12.1. The van der Waals surface area contributed by atoms with Crippen LogP contribution in [0.15, 0.2) is 146 Å². The van der Waals surface area contributed by atoms with Gasteiger partial charge in [0.1, 0.15) is 0 Å². The van der Waals surface area contributed by atoms with Crippen LogP contribution in [0.3, 0.4) is 0 Å². The fourth-order valence-electron chi connectivity index (χ4n) is 9.30. The molecule has 0 spiro atoms. The Morgan fingerprint density at radius 3 is 1.25 bits per heavy atom. The highest BCUT2D eigenvalue weighted by Gasteiger charge is 2.44. The fourth-order valence-corrected chi connectivity index (χ4v) is 9.30. The molecule has 4 heteroatoms. The van der Waals surface area contributed by atoms with Gasteiger partial charge in [0.15, 0.2) is 0 Å². The Kier molecular flexibility index (Phi) is 7.55. The second-order valence-corrected chi connectivity index (χ2v) is 18.1. The van der Waals surface area contributed by atoms with Crippen LogP contribution in [0, 0.1) is 13.8 Å². The Labute approximate surface area is 331 Å². The SMILES string of the molecule is Cc1ccc2c(c1)B1c3cc(C)ccc3N(c3ccccc3)c3cc(-n4c5cc(C(C)(C)C)ccc5c5ccc(C(C)(C)C)cc54)cc(c31)N2c1ccccc1. The van der Waals surface area contributed by atoms with Crippen LogP contribution in [0.5, 0.6) is 0 Å². The van der Waals surface area contributed by atoms with E-state index in [4.69, 9.17) is 0 Å². The Hall–Kier alpha value is -6.00. The van der Waals surface area contributed by atoms with Crippen molar-refractivity contribution in [2.45, 2.75) is 66.2 Å². The smallest absolute Gasteiger partial charge is 0.252 e. The van der Waals surface area contributed by atoms with Gasteiger partial charge in [-0.3, -0.25) is 0 Å². The first-order chi connectivity index (χ1) is 26.9. The maximum Gasteiger partial charge on any atom is 0.252 e. The van der Waals surface area contributed by atoms with Crippen molar-refractivity contribution in [3.05, 3.63) is 168 Å². The Morgan fingerprint density at radius 1 is 0.411 bits per heavy atom. The summed E-state index contributed by atoms with van der Waals surface area (Å²) in [7, 11) is 0. The van der Waals surface area contributed by atoms with Crippen LogP contribution >= 0.6 is 0 Å². The molecule has 0 atom stereocenters. The molecule has 0 N–H and O–H groups in total. The number of aromatic nitrogens is 1. The van der Waals surface area contributed by atoms with Crippen LogP contribution in [0.2, 0.25) is 0 Å². The molecule has 2 aliphatic rings. The summed E-state index contributed by atoms with van der Waals surface area (Å²) >= 11 is 0. The zero-order valence-electron chi connectivity index (χ0n) is 33.8. The molecule has 0 bridgehead atoms. The highest BCUT2D eigenvalue weighted by Crippen LogP contribution is 2.47. The standard InChI is InChI=1S/C52H48BN3/c1-33-19-25-44-42(27-33)53-43-28-34(2)20-26-45(43)55(38-17-13-10-14-18-38)49-32-39(31-48(50(49)53)54(44)37-15-11-9-12-16-37)56-46-29-35(51(3,4)5)21-23-40(46)41-24-22-36(30-47(41)56)52(6,7)8/h9-32H,1-8H3. The number of hydrogen-bond acceptors (Lipinski definition) is 2. The third-order valence-corrected chi connectivity index (χ3v) is 12.1. The number of aryl methyl sites for hydroxylation is 2. The van der Waals surface area contributed by atoms with E-state index in [-0.39, 0.29) is 17.5 Å². The van der Waals surface area contributed by atoms with E-state index in [9.17, 15) is 0 Å². The van der Waals surface area contributed by atoms with Gasteiger partial charge in [-0.1, -0.05) is 138 Å². The van der Waals surface area contributed by atoms with Gasteiger partial charge in [0.25, 0.3) is 6.71 Å². The van der Waals surface area contributed by atoms with Gasteiger partial charge in [-0.15, -0.1) is 0 Å². The molecule has 8 aromatic rings. The molecule has 0 saturated heterocycles. The number of nitrogens with zero attached hydrogens (tertiary/aromatic N) is 3. The molecule has 0 fully saturated rings. The maximum absolute atomic E-state index is 2.56. The minimum Gasteiger partial charge on any atom is -0.311 e. The normalized spacial score (nSPS) is 13.6. The molecule has 0 saturated carbocycles. The van der Waals surface area contributed by atoms with Crippen LogP contribution in [0.25, 0.3) is 27.5 Å². The van der Waals surface area contributed by atoms with Gasteiger partial charge < -0.3 is 14.4 Å². The third kappa shape index (κ3) is 5.26. The van der Waals surface area contributed by atoms with E-state index in [1.54, 1.807) is 0 Å². The highest BCUT2D eigenvalue weighted by atomic mass is 15.2. The van der Waals surface area contributed by atoms with E-state index < -0.39 is 0 Å². The minimum atomic E-state index is -0.000979. The van der Waals surface area contributed by atoms with Gasteiger partial charge in [0, 0.05) is 44.9 Å². The second kappa shape index (κ2) is 12.3. The van der Waals surface area contributed by atoms with Gasteiger partial charge in [0.05, 0.1) is 16.7 Å². The van der Waals surface area contributed by atoms with Crippen LogP contribution in [-0.4, -0.2) is 11.3 Å². The summed E-state index contributed by atoms with van der Waals surface area (Å²) < 4.78 is 2.56. The largest absolute Gasteiger partial charge is 0.311 e. The van der Waals surface area contributed by atoms with Gasteiger partial charge in [-0.05, 0) is 113 Å². The molecule has 0 radical (unpaired) electrons. The van der Waals surface area contributed by atoms with Crippen molar-refractivity contribution in [3.63, 3.8) is 0 Å². The van der Waals surface area contributed by atoms with E-state index in [1.807, 2.05) is 0 Å². The van der Waals surface area contributed by atoms with Crippen molar-refractivity contribution in [1.29, 1.82) is 0 Å². The quantitative estimate of drug-likeness (QED) is 0.168. The molecule has 3 heterocycles. The summed E-state index contributed by atoms with van der Waals surface area (Å²) in [6, 6.07) is 55.2. The average molecular weight is 726 g/mol. The molecule has 56 heavy (non-hydrogen) atoms. The van der Waals surface area contributed by atoms with Crippen molar-refractivity contribution < 1.29 is 0 Å². The monoisotopic (exact) mass is 725 g/mol. The van der Waals surface area contributed by atoms with Gasteiger partial charge in [-0.2, -0.15) is 0 Å². The number of benzene rings is 7. The second-order valence-electron chi connectivity index (χ2n) is 18.1. The lowest BCUT2D eigenvalue weighted by Crippen LogP contribution is -2.61. The molecule has 0 aliphatic carbocycles. The molecule has 0 unspecified atom stereocenters. The molecule has 3 nitrogen and oxygen atoms in total. The molecule has 0 amide bonds. The Morgan fingerprint density at radius 2 is 0.839 bits per heavy atom. The average Bonchev–Trinajstić information content (AvgIpc) is 3.51. The van der Waals surface area contributed by atoms with Gasteiger partial charge >= 0.3 is 0 Å². The minimum absolute atomic E-state index is 0.000979. The van der Waals surface area contributed by atoms with Crippen LogP contribution < -0.4 is 26.2 Å². The maximum atomic E-state index is 2.56. The van der Waals surface area contributed by atoms with E-state index in [0.717, 1.165) is 17.1 Å². The summed E-state index contributed by atoms with van der Waals surface area (Å²) in [5.74, 6) is 0. The first kappa shape index (κ1) is 34.5. The fraction of sp³-hybridized carbons (Fsp3) is 0.192. The summed E-state index contributed by atoms with van der Waals surface area (Å²) in [6.45, 7) is 18.4. The lowest BCUT2D eigenvalue weighted by Gasteiger charge is -2.44. The van der Waals surface area contributed by atoms with Crippen LogP contribution in [0.1, 0.15) is 63.8 Å². The van der Waals surface area contributed by atoms with Crippen molar-refractivity contribution in [2.75, 3.05) is 9.80 Å². The third-order valence-electron chi connectivity index (χ3n) is 12.1. The van der Waals surface area contributed by atoms with E-state index >= 15 is 0 Å². The molecular weight excluding hydrogens is 677 g/mol. The number of para-hydroxylation sites is 2. The molecule has 274 valence electrons. The highest BCUT2D eigenvalue weighted by molar-refractivity contribution is 7.00. The van der Waals surface area contributed by atoms with Gasteiger partial charge in [-0.25, -0.2) is 0 Å². The van der Waals surface area contributed by atoms with Crippen LogP contribution in [0.4, 0.5) is 34.1 Å². The zero-order valence-corrected chi connectivity index (χ0v) is 33.8. The summed E-state index contributed by atoms with van der Waals surface area (Å²) in [5.41, 5.74) is 20.1. The van der Waals surface area contributed by atoms with Crippen molar-refractivity contribution >= 4 is 79.0 Å². The lowest BCUT2D eigenvalue weighted by atomic mass is 9.33. The van der Waals surface area contributed by atoms with E-state index in [1.165, 1.54) is 83.2 Å². The Balaban J connectivity index is 1.38. The summed E-state index contributed by atoms with van der Waals surface area (Å²) in [4.78, 5) is 5.04. The molecule has 1 aromatic heterocycles. The zero-order chi connectivity index (χ0) is 38.7. The number of anilines is 6. The Bertz CT molecular complexity index is 2660. The summed E-state index contributed by atoms with van der Waals surface area (Å²) in [6.07, 6.45) is 0. The van der Waals surface area contributed by atoms with Crippen molar-refractivity contribution in [2.24, 2.45) is 0 Å². The molecular formula is C52H48BN3. The van der Waals surface area contributed by atoms with E-state index in [0.29, 0.717) is 0 Å². The van der Waals surface area contributed by atoms with Crippen LogP contribution in [-0.2, 0) is 10.8 Å². The summed E-state index contributed by atoms with van der Waals surface area (Å²) in [5, 5.41) is 2.55.